The highest BCUT2D eigenvalue weighted by Crippen LogP contribution is 2.22. The molecule has 0 spiro atoms. The predicted octanol–water partition coefficient (Wildman–Crippen LogP) is -0.201. The maximum atomic E-state index is 5.62. The maximum absolute atomic E-state index is 5.62. The largest absolute Gasteiger partial charge is 0.368 e. The first-order valence-electron chi connectivity index (χ1n) is 4.77. The zero-order chi connectivity index (χ0) is 12.4. The topological polar surface area (TPSA) is 98.6 Å². The maximum Gasteiger partial charge on any atom is 0.230 e. The van der Waals surface area contributed by atoms with Gasteiger partial charge in [0.25, 0.3) is 0 Å². The fourth-order valence-corrected chi connectivity index (χ4v) is 1.78. The summed E-state index contributed by atoms with van der Waals surface area (Å²) in [5.41, 5.74) is 5.62. The molecule has 2 aromatic rings. The number of hydrogen-bond acceptors (Lipinski definition) is 8. The highest BCUT2D eigenvalue weighted by molar-refractivity contribution is 7.99. The number of nitrogens with zero attached hydrogens (tertiary/aromatic N) is 7. The third-order valence-electron chi connectivity index (χ3n) is 1.87. The molecular weight excluding hydrogens is 240 g/mol. The Labute approximate surface area is 102 Å². The van der Waals surface area contributed by atoms with E-state index in [2.05, 4.69) is 25.0 Å². The van der Waals surface area contributed by atoms with Crippen molar-refractivity contribution < 1.29 is 0 Å². The smallest absolute Gasteiger partial charge is 0.230 e. The van der Waals surface area contributed by atoms with Gasteiger partial charge in [-0.1, -0.05) is 0 Å². The number of anilines is 2. The molecule has 0 saturated carbocycles. The van der Waals surface area contributed by atoms with E-state index >= 15 is 0 Å². The molecule has 2 heterocycles. The number of hydrogen-bond donors (Lipinski definition) is 1. The summed E-state index contributed by atoms with van der Waals surface area (Å²) in [5, 5.41) is 5.16. The van der Waals surface area contributed by atoms with Gasteiger partial charge in [0, 0.05) is 21.1 Å². The van der Waals surface area contributed by atoms with Crippen molar-refractivity contribution in [1.29, 1.82) is 0 Å². The van der Waals surface area contributed by atoms with Crippen LogP contribution in [0.3, 0.4) is 0 Å². The lowest BCUT2D eigenvalue weighted by Crippen LogP contribution is -2.15. The lowest BCUT2D eigenvalue weighted by Gasteiger charge is -2.10. The van der Waals surface area contributed by atoms with Crippen molar-refractivity contribution >= 4 is 23.7 Å². The first kappa shape index (κ1) is 11.6. The predicted molar refractivity (Wildman–Crippen MR) is 63.7 cm³/mol. The van der Waals surface area contributed by atoms with Crippen molar-refractivity contribution in [3.8, 4) is 0 Å². The zero-order valence-electron chi connectivity index (χ0n) is 9.69. The van der Waals surface area contributed by atoms with Crippen LogP contribution in [0.2, 0.25) is 0 Å². The van der Waals surface area contributed by atoms with Gasteiger partial charge in [0.1, 0.15) is 6.33 Å². The van der Waals surface area contributed by atoms with Crippen LogP contribution in [0, 0.1) is 0 Å². The minimum atomic E-state index is 0.188. The van der Waals surface area contributed by atoms with E-state index in [0.29, 0.717) is 16.3 Å². The van der Waals surface area contributed by atoms with E-state index in [0.717, 1.165) is 0 Å². The molecule has 0 aliphatic heterocycles. The number of aromatic nitrogens is 6. The van der Waals surface area contributed by atoms with Gasteiger partial charge in [0.2, 0.25) is 17.1 Å². The molecule has 0 saturated heterocycles. The molecule has 9 heteroatoms. The molecule has 0 aliphatic rings. The Hall–Kier alpha value is -1.90. The van der Waals surface area contributed by atoms with Gasteiger partial charge < -0.3 is 10.6 Å². The SMILES string of the molecule is CN(C)c1nc(N)nc(Sc2ncnn2C)n1. The second-order valence-corrected chi connectivity index (χ2v) is 4.37. The quantitative estimate of drug-likeness (QED) is 0.801. The molecule has 0 atom stereocenters. The molecule has 0 amide bonds. The summed E-state index contributed by atoms with van der Waals surface area (Å²) in [6.45, 7) is 0. The van der Waals surface area contributed by atoms with Gasteiger partial charge in [-0.2, -0.15) is 20.1 Å². The molecule has 2 aromatic heterocycles. The first-order valence-corrected chi connectivity index (χ1v) is 5.58. The lowest BCUT2D eigenvalue weighted by atomic mass is 10.8. The van der Waals surface area contributed by atoms with Crippen LogP contribution < -0.4 is 10.6 Å². The van der Waals surface area contributed by atoms with Gasteiger partial charge in [0.05, 0.1) is 0 Å². The second kappa shape index (κ2) is 4.53. The molecule has 0 aliphatic carbocycles. The fourth-order valence-electron chi connectivity index (χ4n) is 1.07. The van der Waals surface area contributed by atoms with E-state index in [4.69, 9.17) is 5.73 Å². The normalized spacial score (nSPS) is 10.5. The van der Waals surface area contributed by atoms with Crippen LogP contribution in [0.1, 0.15) is 0 Å². The van der Waals surface area contributed by atoms with Crippen LogP contribution >= 0.6 is 11.8 Å². The van der Waals surface area contributed by atoms with Crippen LogP contribution in [-0.4, -0.2) is 43.8 Å². The minimum absolute atomic E-state index is 0.188. The summed E-state index contributed by atoms with van der Waals surface area (Å²) in [4.78, 5) is 18.1. The number of rotatable bonds is 3. The third-order valence-corrected chi connectivity index (χ3v) is 2.79. The standard InChI is InChI=1S/C8H12N8S/c1-15(2)6-12-5(9)13-7(14-6)17-8-10-4-11-16(8)3/h4H,1-3H3,(H2,9,12,13,14). The third kappa shape index (κ3) is 2.61. The van der Waals surface area contributed by atoms with Crippen LogP contribution in [0.15, 0.2) is 16.6 Å². The lowest BCUT2D eigenvalue weighted by molar-refractivity contribution is 0.683. The van der Waals surface area contributed by atoms with E-state index in [-0.39, 0.29) is 5.95 Å². The summed E-state index contributed by atoms with van der Waals surface area (Å²) >= 11 is 1.29. The number of aryl methyl sites for hydroxylation is 1. The molecule has 0 bridgehead atoms. The van der Waals surface area contributed by atoms with Gasteiger partial charge in [-0.3, -0.25) is 0 Å². The highest BCUT2D eigenvalue weighted by Gasteiger charge is 2.10. The second-order valence-electron chi connectivity index (χ2n) is 3.44. The molecule has 0 unspecified atom stereocenters. The van der Waals surface area contributed by atoms with Gasteiger partial charge in [-0.15, -0.1) is 0 Å². The van der Waals surface area contributed by atoms with Crippen LogP contribution in [0.5, 0.6) is 0 Å². The number of nitrogen functional groups attached to an aromatic ring is 1. The van der Waals surface area contributed by atoms with Gasteiger partial charge in [-0.05, 0) is 11.8 Å². The summed E-state index contributed by atoms with van der Waals surface area (Å²) in [7, 11) is 5.48. The van der Waals surface area contributed by atoms with Crippen molar-refractivity contribution in [3.63, 3.8) is 0 Å². The van der Waals surface area contributed by atoms with Crippen molar-refractivity contribution in [2.45, 2.75) is 10.3 Å². The van der Waals surface area contributed by atoms with Crippen LogP contribution in [-0.2, 0) is 7.05 Å². The zero-order valence-corrected chi connectivity index (χ0v) is 10.5. The monoisotopic (exact) mass is 252 g/mol. The summed E-state index contributed by atoms with van der Waals surface area (Å²) in [5.74, 6) is 0.704. The van der Waals surface area contributed by atoms with Gasteiger partial charge in [0.15, 0.2) is 5.16 Å². The van der Waals surface area contributed by atoms with Crippen LogP contribution in [0.25, 0.3) is 0 Å². The molecule has 2 N–H and O–H groups in total. The minimum Gasteiger partial charge on any atom is -0.368 e. The fraction of sp³-hybridized carbons (Fsp3) is 0.375. The van der Waals surface area contributed by atoms with E-state index < -0.39 is 0 Å². The molecular formula is C8H12N8S. The molecule has 17 heavy (non-hydrogen) atoms. The summed E-state index contributed by atoms with van der Waals surface area (Å²) in [6.07, 6.45) is 1.47. The van der Waals surface area contributed by atoms with E-state index in [9.17, 15) is 0 Å². The van der Waals surface area contributed by atoms with E-state index in [1.807, 2.05) is 14.1 Å². The van der Waals surface area contributed by atoms with E-state index in [1.165, 1.54) is 18.1 Å². The van der Waals surface area contributed by atoms with Crippen molar-refractivity contribution in [2.75, 3.05) is 24.7 Å². The molecule has 0 fully saturated rings. The average molecular weight is 252 g/mol. The van der Waals surface area contributed by atoms with Gasteiger partial charge >= 0.3 is 0 Å². The molecule has 8 nitrogen and oxygen atoms in total. The highest BCUT2D eigenvalue weighted by atomic mass is 32.2. The average Bonchev–Trinajstić information content (AvgIpc) is 2.63. The first-order chi connectivity index (χ1) is 8.06. The van der Waals surface area contributed by atoms with Crippen molar-refractivity contribution in [1.82, 2.24) is 29.7 Å². The molecule has 0 radical (unpaired) electrons. The Morgan fingerprint density at radius 3 is 2.65 bits per heavy atom. The van der Waals surface area contributed by atoms with Crippen molar-refractivity contribution in [2.24, 2.45) is 7.05 Å². The molecule has 2 rings (SSSR count). The van der Waals surface area contributed by atoms with Crippen LogP contribution in [0.4, 0.5) is 11.9 Å². The Morgan fingerprint density at radius 1 is 1.29 bits per heavy atom. The van der Waals surface area contributed by atoms with Gasteiger partial charge in [-0.25, -0.2) is 9.67 Å². The Kier molecular flexibility index (Phi) is 3.09. The Balaban J connectivity index is 2.30. The molecule has 0 aromatic carbocycles. The Bertz CT molecular complexity index is 522. The number of nitrogens with two attached hydrogens (primary N) is 1. The van der Waals surface area contributed by atoms with Crippen molar-refractivity contribution in [3.05, 3.63) is 6.33 Å². The van der Waals surface area contributed by atoms with E-state index in [1.54, 1.807) is 16.6 Å². The Morgan fingerprint density at radius 2 is 2.06 bits per heavy atom. The molecule has 90 valence electrons. The summed E-state index contributed by atoms with van der Waals surface area (Å²) < 4.78 is 1.64. The summed E-state index contributed by atoms with van der Waals surface area (Å²) in [6, 6.07) is 0.